The predicted octanol–water partition coefficient (Wildman–Crippen LogP) is 0.0343. The summed E-state index contributed by atoms with van der Waals surface area (Å²) in [5, 5.41) is 7.84. The first-order valence-electron chi connectivity index (χ1n) is 1.64. The second kappa shape index (κ2) is 3.21. The van der Waals surface area contributed by atoms with Gasteiger partial charge in [0, 0.05) is 0 Å². The van der Waals surface area contributed by atoms with Crippen LogP contribution in [-0.4, -0.2) is 17.7 Å². The topological polar surface area (TPSA) is 46.5 Å². The molecule has 0 aromatic carbocycles. The number of ether oxygens (including phenoxy) is 1. The van der Waals surface area contributed by atoms with Crippen LogP contribution in [0.15, 0.2) is 6.26 Å². The van der Waals surface area contributed by atoms with Gasteiger partial charge in [-0.3, -0.25) is 0 Å². The summed E-state index contributed by atoms with van der Waals surface area (Å²) in [5.41, 5.74) is 0. The first-order chi connectivity index (χ1) is 3.27. The van der Waals surface area contributed by atoms with Crippen molar-refractivity contribution >= 4 is 5.97 Å². The van der Waals surface area contributed by atoms with E-state index in [1.807, 2.05) is 0 Å². The lowest BCUT2D eigenvalue weighted by molar-refractivity contribution is -0.140. The summed E-state index contributed by atoms with van der Waals surface area (Å²) in [6.07, 6.45) is 0.841. The van der Waals surface area contributed by atoms with Crippen LogP contribution in [0, 0.1) is 6.58 Å². The minimum atomic E-state index is -1.03. The number of aliphatic carboxylic acids is 1. The maximum absolute atomic E-state index is 9.56. The minimum absolute atomic E-state index is 0.365. The number of hydrogen-bond acceptors (Lipinski definition) is 2. The molecule has 0 rings (SSSR count). The Balaban J connectivity index is 2.97. The average Bonchev–Trinajstić information content (AvgIpc) is 1.61. The average molecular weight is 101 g/mol. The van der Waals surface area contributed by atoms with Gasteiger partial charge in [-0.05, 0) is 6.58 Å². The summed E-state index contributed by atoms with van der Waals surface area (Å²) in [6, 6.07) is 0. The van der Waals surface area contributed by atoms with Gasteiger partial charge in [0.2, 0.25) is 0 Å². The minimum Gasteiger partial charge on any atom is -0.490 e. The van der Waals surface area contributed by atoms with Gasteiger partial charge in [-0.2, -0.15) is 0 Å². The van der Waals surface area contributed by atoms with E-state index in [0.29, 0.717) is 0 Å². The highest BCUT2D eigenvalue weighted by Crippen LogP contribution is 1.70. The Bertz CT molecular complexity index is 77.0. The van der Waals surface area contributed by atoms with E-state index in [4.69, 9.17) is 5.11 Å². The first kappa shape index (κ1) is 6.01. The third kappa shape index (κ3) is 5.01. The number of rotatable bonds is 3. The molecule has 0 heterocycles. The van der Waals surface area contributed by atoms with Crippen molar-refractivity contribution in [1.82, 2.24) is 0 Å². The van der Waals surface area contributed by atoms with Crippen molar-refractivity contribution in [2.75, 3.05) is 6.61 Å². The molecule has 7 heavy (non-hydrogen) atoms. The first-order valence-corrected chi connectivity index (χ1v) is 1.64. The lowest BCUT2D eigenvalue weighted by atomic mass is 10.7. The van der Waals surface area contributed by atoms with Crippen LogP contribution >= 0.6 is 0 Å². The van der Waals surface area contributed by atoms with E-state index in [0.717, 1.165) is 6.26 Å². The molecule has 0 aromatic rings. The van der Waals surface area contributed by atoms with Crippen molar-refractivity contribution in [3.63, 3.8) is 0 Å². The molecule has 0 aliphatic heterocycles. The van der Waals surface area contributed by atoms with E-state index in [1.165, 1.54) is 0 Å². The summed E-state index contributed by atoms with van der Waals surface area (Å²) >= 11 is 0. The van der Waals surface area contributed by atoms with E-state index in [9.17, 15) is 4.79 Å². The molecule has 0 atom stereocenters. The van der Waals surface area contributed by atoms with Crippen molar-refractivity contribution in [3.8, 4) is 0 Å². The molecular formula is C4H5O3. The standard InChI is InChI=1S/C4H5O3/c1-2-7-3-4(5)6/h1-2H,3H2,(H,5,6). The normalized spacial score (nSPS) is 7.43. The van der Waals surface area contributed by atoms with Crippen molar-refractivity contribution in [2.24, 2.45) is 0 Å². The Morgan fingerprint density at radius 2 is 2.57 bits per heavy atom. The highest BCUT2D eigenvalue weighted by Gasteiger charge is 1.89. The van der Waals surface area contributed by atoms with E-state index in [1.54, 1.807) is 0 Å². The highest BCUT2D eigenvalue weighted by atomic mass is 16.5. The maximum Gasteiger partial charge on any atom is 0.341 e. The van der Waals surface area contributed by atoms with Gasteiger partial charge < -0.3 is 9.84 Å². The van der Waals surface area contributed by atoms with Crippen LogP contribution in [0.3, 0.4) is 0 Å². The molecule has 1 N–H and O–H groups in total. The van der Waals surface area contributed by atoms with Gasteiger partial charge in [0.15, 0.2) is 6.61 Å². The summed E-state index contributed by atoms with van der Waals surface area (Å²) in [7, 11) is 0. The number of carbonyl (C=O) groups is 1. The van der Waals surface area contributed by atoms with Crippen LogP contribution in [0.25, 0.3) is 0 Å². The van der Waals surface area contributed by atoms with Crippen molar-refractivity contribution in [2.45, 2.75) is 0 Å². The number of carboxylic acid groups (broad SMARTS) is 1. The monoisotopic (exact) mass is 101 g/mol. The van der Waals surface area contributed by atoms with Crippen LogP contribution in [-0.2, 0) is 9.53 Å². The zero-order valence-electron chi connectivity index (χ0n) is 3.63. The fraction of sp³-hybridized carbons (Fsp3) is 0.250. The van der Waals surface area contributed by atoms with E-state index in [-0.39, 0.29) is 6.61 Å². The smallest absolute Gasteiger partial charge is 0.341 e. The second-order valence-electron chi connectivity index (χ2n) is 0.841. The molecule has 0 bridgehead atoms. The molecular weight excluding hydrogens is 96.0 g/mol. The second-order valence-corrected chi connectivity index (χ2v) is 0.841. The fourth-order valence-corrected chi connectivity index (χ4v) is 0.119. The molecule has 1 radical (unpaired) electrons. The molecule has 0 saturated carbocycles. The SMILES string of the molecule is [CH]=COCC(=O)O. The molecule has 0 spiro atoms. The Morgan fingerprint density at radius 1 is 2.00 bits per heavy atom. The summed E-state index contributed by atoms with van der Waals surface area (Å²) in [4.78, 5) is 9.56. The third-order valence-corrected chi connectivity index (χ3v) is 0.303. The highest BCUT2D eigenvalue weighted by molar-refractivity contribution is 5.68. The van der Waals surface area contributed by atoms with Gasteiger partial charge in [0.1, 0.15) is 0 Å². The van der Waals surface area contributed by atoms with Gasteiger partial charge in [-0.1, -0.05) is 0 Å². The molecule has 3 heteroatoms. The summed E-state index contributed by atoms with van der Waals surface area (Å²) < 4.78 is 4.15. The van der Waals surface area contributed by atoms with Gasteiger partial charge in [0.05, 0.1) is 6.26 Å². The summed E-state index contributed by atoms with van der Waals surface area (Å²) in [5.74, 6) is -1.03. The fourth-order valence-electron chi connectivity index (χ4n) is 0.119. The number of carboxylic acids is 1. The van der Waals surface area contributed by atoms with E-state index >= 15 is 0 Å². The molecule has 0 unspecified atom stereocenters. The molecule has 0 aliphatic carbocycles. The molecule has 0 aromatic heterocycles. The molecule has 0 fully saturated rings. The van der Waals surface area contributed by atoms with Gasteiger partial charge in [-0.15, -0.1) is 0 Å². The maximum atomic E-state index is 9.56. The zero-order valence-corrected chi connectivity index (χ0v) is 3.63. The third-order valence-electron chi connectivity index (χ3n) is 0.303. The van der Waals surface area contributed by atoms with Crippen LogP contribution in [0.2, 0.25) is 0 Å². The molecule has 0 saturated heterocycles. The van der Waals surface area contributed by atoms with Gasteiger partial charge >= 0.3 is 5.97 Å². The molecule has 39 valence electrons. The van der Waals surface area contributed by atoms with Crippen molar-refractivity contribution in [3.05, 3.63) is 12.8 Å². The molecule has 0 aliphatic rings. The Labute approximate surface area is 41.2 Å². The largest absolute Gasteiger partial charge is 0.490 e. The van der Waals surface area contributed by atoms with Crippen LogP contribution in [0.5, 0.6) is 0 Å². The van der Waals surface area contributed by atoms with Crippen LogP contribution in [0.1, 0.15) is 0 Å². The summed E-state index contributed by atoms with van der Waals surface area (Å²) in [6.45, 7) is 4.30. The molecule has 0 amide bonds. The Morgan fingerprint density at radius 3 is 2.71 bits per heavy atom. The predicted molar refractivity (Wildman–Crippen MR) is 22.5 cm³/mol. The zero-order chi connectivity index (χ0) is 5.70. The Hall–Kier alpha value is -0.990. The quantitative estimate of drug-likeness (QED) is 0.510. The van der Waals surface area contributed by atoms with Crippen LogP contribution in [0.4, 0.5) is 0 Å². The lowest BCUT2D eigenvalue weighted by Gasteiger charge is -1.88. The van der Waals surface area contributed by atoms with E-state index < -0.39 is 5.97 Å². The lowest BCUT2D eigenvalue weighted by Crippen LogP contribution is -2.02. The van der Waals surface area contributed by atoms with E-state index in [2.05, 4.69) is 11.3 Å². The van der Waals surface area contributed by atoms with Crippen molar-refractivity contribution in [1.29, 1.82) is 0 Å². The molecule has 3 nitrogen and oxygen atoms in total. The van der Waals surface area contributed by atoms with Crippen LogP contribution < -0.4 is 0 Å². The van der Waals surface area contributed by atoms with Gasteiger partial charge in [-0.25, -0.2) is 4.79 Å². The van der Waals surface area contributed by atoms with Gasteiger partial charge in [0.25, 0.3) is 0 Å². The van der Waals surface area contributed by atoms with Crippen molar-refractivity contribution < 1.29 is 14.6 Å². The number of hydrogen-bond donors (Lipinski definition) is 1. The Kier molecular flexibility index (Phi) is 2.76.